The predicted octanol–water partition coefficient (Wildman–Crippen LogP) is 2.77. The first-order chi connectivity index (χ1) is 7.19. The maximum absolute atomic E-state index is 12.1. The molecule has 0 heterocycles. The van der Waals surface area contributed by atoms with Crippen LogP contribution >= 0.6 is 7.60 Å². The Morgan fingerprint density at radius 1 is 1.25 bits per heavy atom. The van der Waals surface area contributed by atoms with Crippen LogP contribution in [0.5, 0.6) is 0 Å². The van der Waals surface area contributed by atoms with Gasteiger partial charge in [-0.2, -0.15) is 13.2 Å². The van der Waals surface area contributed by atoms with Crippen molar-refractivity contribution in [1.82, 2.24) is 0 Å². The third-order valence-corrected chi connectivity index (χ3v) is 4.17. The zero-order valence-corrected chi connectivity index (χ0v) is 10.1. The van der Waals surface area contributed by atoms with Gasteiger partial charge in [-0.05, 0) is 20.8 Å². The van der Waals surface area contributed by atoms with Crippen LogP contribution in [0.4, 0.5) is 13.2 Å². The fourth-order valence-corrected chi connectivity index (χ4v) is 2.68. The number of Topliss-reactive ketones (excluding diaryl/α,β-unsaturated/α-hetero) is 1. The summed E-state index contributed by atoms with van der Waals surface area (Å²) < 4.78 is 57.5. The van der Waals surface area contributed by atoms with Crippen LogP contribution < -0.4 is 0 Å². The molecule has 1 atom stereocenters. The molecule has 0 aromatic rings. The monoisotopic (exact) mass is 262 g/mol. The molecule has 0 aromatic carbocycles. The van der Waals surface area contributed by atoms with Crippen molar-refractivity contribution in [3.8, 4) is 0 Å². The Morgan fingerprint density at radius 3 is 1.88 bits per heavy atom. The summed E-state index contributed by atoms with van der Waals surface area (Å²) in [6, 6.07) is 0. The molecule has 0 saturated heterocycles. The van der Waals surface area contributed by atoms with Crippen LogP contribution in [0, 0.1) is 0 Å². The van der Waals surface area contributed by atoms with Gasteiger partial charge in [-0.3, -0.25) is 9.36 Å². The van der Waals surface area contributed by atoms with Crippen LogP contribution in [-0.4, -0.2) is 30.8 Å². The molecule has 16 heavy (non-hydrogen) atoms. The van der Waals surface area contributed by atoms with Gasteiger partial charge in [-0.1, -0.05) is 0 Å². The average molecular weight is 262 g/mol. The first kappa shape index (κ1) is 15.6. The molecule has 1 unspecified atom stereocenters. The second-order valence-electron chi connectivity index (χ2n) is 2.91. The first-order valence-corrected chi connectivity index (χ1v) is 6.30. The highest BCUT2D eigenvalue weighted by Gasteiger charge is 2.49. The summed E-state index contributed by atoms with van der Waals surface area (Å²) in [5, 5.41) is 0. The van der Waals surface area contributed by atoms with Gasteiger partial charge in [-0.25, -0.2) is 0 Å². The number of rotatable bonds is 6. The highest BCUT2D eigenvalue weighted by Crippen LogP contribution is 2.54. The maximum Gasteiger partial charge on any atom is 0.450 e. The summed E-state index contributed by atoms with van der Waals surface area (Å²) in [6.07, 6.45) is -5.04. The number of carbonyl (C=O) groups excluding carboxylic acids is 1. The number of alkyl halides is 3. The molecule has 0 N–H and O–H groups in total. The lowest BCUT2D eigenvalue weighted by Gasteiger charge is -2.22. The average Bonchev–Trinajstić information content (AvgIpc) is 2.14. The normalized spacial score (nSPS) is 14.9. The molecular formula is C8H14F3O4P. The van der Waals surface area contributed by atoms with Crippen LogP contribution in [0.3, 0.4) is 0 Å². The molecule has 0 aliphatic heterocycles. The quantitative estimate of drug-likeness (QED) is 0.690. The molecule has 96 valence electrons. The Hall–Kier alpha value is -0.390. The summed E-state index contributed by atoms with van der Waals surface area (Å²) in [5.41, 5.74) is -1.84. The van der Waals surface area contributed by atoms with E-state index < -0.39 is 25.2 Å². The lowest BCUT2D eigenvalue weighted by Crippen LogP contribution is -2.33. The summed E-state index contributed by atoms with van der Waals surface area (Å²) in [4.78, 5) is 10.9. The molecule has 0 radical (unpaired) electrons. The largest absolute Gasteiger partial charge is 0.450 e. The van der Waals surface area contributed by atoms with E-state index in [2.05, 4.69) is 9.05 Å². The number of ketones is 1. The molecule has 0 aliphatic carbocycles. The van der Waals surface area contributed by atoms with E-state index in [0.717, 1.165) is 6.92 Å². The van der Waals surface area contributed by atoms with Gasteiger partial charge in [0.25, 0.3) is 5.78 Å². The van der Waals surface area contributed by atoms with E-state index in [-0.39, 0.29) is 13.2 Å². The zero-order valence-electron chi connectivity index (χ0n) is 9.21. The van der Waals surface area contributed by atoms with Crippen molar-refractivity contribution in [3.63, 3.8) is 0 Å². The highest BCUT2D eigenvalue weighted by atomic mass is 31.2. The van der Waals surface area contributed by atoms with E-state index in [4.69, 9.17) is 0 Å². The van der Waals surface area contributed by atoms with Crippen LogP contribution in [-0.2, 0) is 18.4 Å². The minimum absolute atomic E-state index is 0.0905. The van der Waals surface area contributed by atoms with E-state index in [0.29, 0.717) is 0 Å². The minimum Gasteiger partial charge on any atom is -0.308 e. The molecule has 0 spiro atoms. The fourth-order valence-electron chi connectivity index (χ4n) is 1.00. The third kappa shape index (κ3) is 3.88. The molecule has 0 saturated carbocycles. The number of halogens is 3. The first-order valence-electron chi connectivity index (χ1n) is 4.68. The Kier molecular flexibility index (Phi) is 5.65. The lowest BCUT2D eigenvalue weighted by atomic mass is 10.3. The molecule has 0 rings (SSSR count). The van der Waals surface area contributed by atoms with Gasteiger partial charge in [-0.15, -0.1) is 0 Å². The second kappa shape index (κ2) is 5.80. The Balaban J connectivity index is 4.95. The van der Waals surface area contributed by atoms with Gasteiger partial charge in [0.1, 0.15) is 5.66 Å². The van der Waals surface area contributed by atoms with E-state index in [9.17, 15) is 22.5 Å². The van der Waals surface area contributed by atoms with Crippen molar-refractivity contribution in [1.29, 1.82) is 0 Å². The molecule has 0 aromatic heterocycles. The van der Waals surface area contributed by atoms with Crippen molar-refractivity contribution in [2.75, 3.05) is 13.2 Å². The van der Waals surface area contributed by atoms with Crippen molar-refractivity contribution in [3.05, 3.63) is 0 Å². The van der Waals surface area contributed by atoms with E-state index in [1.165, 1.54) is 13.8 Å². The van der Waals surface area contributed by atoms with Gasteiger partial charge >= 0.3 is 13.8 Å². The Morgan fingerprint density at radius 2 is 1.62 bits per heavy atom. The van der Waals surface area contributed by atoms with E-state index in [1.807, 2.05) is 0 Å². The van der Waals surface area contributed by atoms with Crippen molar-refractivity contribution >= 4 is 13.4 Å². The van der Waals surface area contributed by atoms with Gasteiger partial charge in [0.05, 0.1) is 13.2 Å². The standard InChI is InChI=1S/C8H14F3O4P/c1-4-14-16(13,15-5-2)6(3)7(12)8(9,10)11/h6H,4-5H2,1-3H3. The predicted molar refractivity (Wildman–Crippen MR) is 51.4 cm³/mol. The van der Waals surface area contributed by atoms with Crippen molar-refractivity contribution in [2.24, 2.45) is 0 Å². The van der Waals surface area contributed by atoms with Crippen LogP contribution in [0.2, 0.25) is 0 Å². The number of hydrogen-bond acceptors (Lipinski definition) is 4. The smallest absolute Gasteiger partial charge is 0.308 e. The molecule has 8 heteroatoms. The lowest BCUT2D eigenvalue weighted by molar-refractivity contribution is -0.170. The number of carbonyl (C=O) groups is 1. The highest BCUT2D eigenvalue weighted by molar-refractivity contribution is 7.55. The summed E-state index contributed by atoms with van der Waals surface area (Å²) in [5.74, 6) is -2.10. The van der Waals surface area contributed by atoms with Crippen LogP contribution in [0.15, 0.2) is 0 Å². The van der Waals surface area contributed by atoms with E-state index >= 15 is 0 Å². The van der Waals surface area contributed by atoms with Gasteiger partial charge in [0.15, 0.2) is 0 Å². The Labute approximate surface area is 91.6 Å². The third-order valence-electron chi connectivity index (χ3n) is 1.75. The van der Waals surface area contributed by atoms with Crippen molar-refractivity contribution in [2.45, 2.75) is 32.6 Å². The molecule has 4 nitrogen and oxygen atoms in total. The van der Waals surface area contributed by atoms with Crippen molar-refractivity contribution < 1.29 is 31.6 Å². The SMILES string of the molecule is CCOP(=O)(OCC)C(C)C(=O)C(F)(F)F. The van der Waals surface area contributed by atoms with Crippen LogP contribution in [0.25, 0.3) is 0 Å². The molecule has 0 amide bonds. The number of hydrogen-bond donors (Lipinski definition) is 0. The summed E-state index contributed by atoms with van der Waals surface area (Å²) in [7, 11) is -4.03. The fraction of sp³-hybridized carbons (Fsp3) is 0.875. The van der Waals surface area contributed by atoms with Gasteiger partial charge in [0.2, 0.25) is 0 Å². The summed E-state index contributed by atoms with van der Waals surface area (Å²) in [6.45, 7) is 3.62. The van der Waals surface area contributed by atoms with E-state index in [1.54, 1.807) is 0 Å². The Bertz CT molecular complexity index is 279. The topological polar surface area (TPSA) is 52.6 Å². The minimum atomic E-state index is -5.04. The maximum atomic E-state index is 12.1. The molecule has 0 aliphatic rings. The van der Waals surface area contributed by atoms with Gasteiger partial charge < -0.3 is 9.05 Å². The molecular weight excluding hydrogens is 248 g/mol. The zero-order chi connectivity index (χ0) is 13.0. The van der Waals surface area contributed by atoms with Gasteiger partial charge in [0, 0.05) is 0 Å². The van der Waals surface area contributed by atoms with Crippen LogP contribution in [0.1, 0.15) is 20.8 Å². The summed E-state index contributed by atoms with van der Waals surface area (Å²) >= 11 is 0. The second-order valence-corrected chi connectivity index (χ2v) is 5.28. The molecule has 0 fully saturated rings. The molecule has 0 bridgehead atoms.